The minimum atomic E-state index is -1.10. The molecule has 31 heavy (non-hydrogen) atoms. The average molecular weight is 442 g/mol. The number of rotatable bonds is 6. The van der Waals surface area contributed by atoms with Gasteiger partial charge in [-0.15, -0.1) is 0 Å². The first-order valence-electron chi connectivity index (χ1n) is 9.72. The second kappa shape index (κ2) is 8.86. The summed E-state index contributed by atoms with van der Waals surface area (Å²) < 4.78 is 33.8. The van der Waals surface area contributed by atoms with Crippen molar-refractivity contribution in [2.45, 2.75) is 25.9 Å². The molecule has 0 saturated carbocycles. The van der Waals surface area contributed by atoms with Gasteiger partial charge in [-0.3, -0.25) is 0 Å². The summed E-state index contributed by atoms with van der Waals surface area (Å²) in [6.45, 7) is -0.275. The third-order valence-corrected chi connectivity index (χ3v) is 5.43. The number of allylic oxidation sites excluding steroid dienone is 2. The molecule has 0 unspecified atom stereocenters. The van der Waals surface area contributed by atoms with E-state index in [0.29, 0.717) is 22.0 Å². The third kappa shape index (κ3) is 4.44. The normalized spacial score (nSPS) is 13.5. The molecule has 0 amide bonds. The van der Waals surface area contributed by atoms with Crippen LogP contribution in [0, 0.1) is 11.6 Å². The van der Waals surface area contributed by atoms with E-state index in [2.05, 4.69) is 4.98 Å². The lowest BCUT2D eigenvalue weighted by atomic mass is 9.99. The fraction of sp³-hybridized carbons (Fsp3) is 0.167. The minimum absolute atomic E-state index is 0.0335. The molecular formula is C24H18ClF2NO3. The molecule has 1 aliphatic rings. The molecule has 2 aromatic carbocycles. The molecule has 4 rings (SSSR count). The van der Waals surface area contributed by atoms with Gasteiger partial charge in [-0.05, 0) is 72.9 Å². The maximum absolute atomic E-state index is 14.0. The highest BCUT2D eigenvalue weighted by atomic mass is 35.5. The molecule has 1 aromatic heterocycles. The van der Waals surface area contributed by atoms with E-state index in [1.807, 2.05) is 0 Å². The van der Waals surface area contributed by atoms with Gasteiger partial charge in [0.05, 0.1) is 11.3 Å². The van der Waals surface area contributed by atoms with Crippen molar-refractivity contribution in [3.05, 3.63) is 93.8 Å². The maximum Gasteiger partial charge on any atom is 0.354 e. The second-order valence-corrected chi connectivity index (χ2v) is 7.59. The predicted molar refractivity (Wildman–Crippen MR) is 114 cm³/mol. The Morgan fingerprint density at radius 2 is 1.74 bits per heavy atom. The number of hydrogen-bond acceptors (Lipinski definition) is 3. The van der Waals surface area contributed by atoms with Gasteiger partial charge in [-0.1, -0.05) is 23.7 Å². The number of aromatic nitrogens is 1. The zero-order chi connectivity index (χ0) is 22.0. The first kappa shape index (κ1) is 21.0. The quantitative estimate of drug-likeness (QED) is 0.481. The molecule has 158 valence electrons. The molecule has 0 fully saturated rings. The van der Waals surface area contributed by atoms with Crippen molar-refractivity contribution in [3.63, 3.8) is 0 Å². The first-order chi connectivity index (χ1) is 14.9. The first-order valence-corrected chi connectivity index (χ1v) is 10.1. The van der Waals surface area contributed by atoms with E-state index < -0.39 is 17.6 Å². The van der Waals surface area contributed by atoms with Crippen LogP contribution in [-0.4, -0.2) is 16.1 Å². The molecule has 4 nitrogen and oxygen atoms in total. The van der Waals surface area contributed by atoms with Crippen LogP contribution in [0.2, 0.25) is 5.02 Å². The van der Waals surface area contributed by atoms with Gasteiger partial charge in [-0.2, -0.15) is 0 Å². The molecule has 0 aliphatic heterocycles. The third-order valence-electron chi connectivity index (χ3n) is 5.20. The molecule has 1 N–H and O–H groups in total. The van der Waals surface area contributed by atoms with Gasteiger partial charge < -0.3 is 9.84 Å². The second-order valence-electron chi connectivity index (χ2n) is 7.15. The molecule has 7 heteroatoms. The number of ether oxygens (including phenoxy) is 1. The number of nitrogens with zero attached hydrogens (tertiary/aromatic N) is 1. The molecule has 0 radical (unpaired) electrons. The van der Waals surface area contributed by atoms with Gasteiger partial charge in [0.1, 0.15) is 29.7 Å². The highest BCUT2D eigenvalue weighted by Crippen LogP contribution is 2.43. The Bertz CT molecular complexity index is 1170. The van der Waals surface area contributed by atoms with Crippen LogP contribution in [0.4, 0.5) is 8.78 Å². The maximum atomic E-state index is 14.0. The summed E-state index contributed by atoms with van der Waals surface area (Å²) in [5.41, 5.74) is 2.94. The number of carbonyl (C=O) groups is 1. The Balaban J connectivity index is 1.73. The lowest BCUT2D eigenvalue weighted by Crippen LogP contribution is -2.04. The number of aromatic carboxylic acids is 1. The van der Waals surface area contributed by atoms with E-state index in [0.717, 1.165) is 30.4 Å². The fourth-order valence-electron chi connectivity index (χ4n) is 3.73. The minimum Gasteiger partial charge on any atom is -0.488 e. The van der Waals surface area contributed by atoms with Crippen molar-refractivity contribution in [1.82, 2.24) is 4.98 Å². The van der Waals surface area contributed by atoms with Crippen molar-refractivity contribution in [1.29, 1.82) is 0 Å². The van der Waals surface area contributed by atoms with E-state index >= 15 is 0 Å². The van der Waals surface area contributed by atoms with Crippen LogP contribution in [0.15, 0.2) is 54.6 Å². The standard InChI is InChI=1S/C24H18ClF2NO3/c25-14-10-11-23(31-13-18-19(26)6-2-7-20(18)27)17(12-14)15-4-1-5-16(15)21-8-3-9-22(28-21)24(29)30/h2-3,6-12H,1,4-5,13H2,(H,29,30). The van der Waals surface area contributed by atoms with Gasteiger partial charge in [0, 0.05) is 10.6 Å². The zero-order valence-electron chi connectivity index (χ0n) is 16.4. The van der Waals surface area contributed by atoms with Crippen molar-refractivity contribution < 1.29 is 23.4 Å². The topological polar surface area (TPSA) is 59.4 Å². The smallest absolute Gasteiger partial charge is 0.354 e. The molecule has 1 aliphatic carbocycles. The average Bonchev–Trinajstić information content (AvgIpc) is 3.24. The lowest BCUT2D eigenvalue weighted by molar-refractivity contribution is 0.0690. The Morgan fingerprint density at radius 1 is 1.03 bits per heavy atom. The number of pyridine rings is 1. The summed E-state index contributed by atoms with van der Waals surface area (Å²) in [4.78, 5) is 15.6. The molecular weight excluding hydrogens is 424 g/mol. The summed E-state index contributed by atoms with van der Waals surface area (Å²) in [6, 6.07) is 13.6. The molecule has 0 bridgehead atoms. The highest BCUT2D eigenvalue weighted by molar-refractivity contribution is 6.30. The zero-order valence-corrected chi connectivity index (χ0v) is 17.1. The SMILES string of the molecule is O=C(O)c1cccc(C2=C(c3cc(Cl)ccc3OCc3c(F)cccc3F)CCC2)n1. The summed E-state index contributed by atoms with van der Waals surface area (Å²) in [5.74, 6) is -2.01. The van der Waals surface area contributed by atoms with Gasteiger partial charge >= 0.3 is 5.97 Å². The largest absolute Gasteiger partial charge is 0.488 e. The van der Waals surface area contributed by atoms with Crippen molar-refractivity contribution in [2.75, 3.05) is 0 Å². The van der Waals surface area contributed by atoms with Gasteiger partial charge in [0.15, 0.2) is 0 Å². The van der Waals surface area contributed by atoms with E-state index in [4.69, 9.17) is 16.3 Å². The van der Waals surface area contributed by atoms with Crippen LogP contribution in [0.1, 0.15) is 46.6 Å². The molecule has 3 aromatic rings. The summed E-state index contributed by atoms with van der Waals surface area (Å²) in [7, 11) is 0. The van der Waals surface area contributed by atoms with Crippen molar-refractivity contribution in [2.24, 2.45) is 0 Å². The summed E-state index contributed by atoms with van der Waals surface area (Å²) >= 11 is 6.23. The lowest BCUT2D eigenvalue weighted by Gasteiger charge is -2.15. The van der Waals surface area contributed by atoms with Crippen LogP contribution in [0.5, 0.6) is 5.75 Å². The highest BCUT2D eigenvalue weighted by Gasteiger charge is 2.23. The van der Waals surface area contributed by atoms with Crippen LogP contribution < -0.4 is 4.74 Å². The van der Waals surface area contributed by atoms with Gasteiger partial charge in [0.2, 0.25) is 0 Å². The van der Waals surface area contributed by atoms with Crippen molar-refractivity contribution in [3.8, 4) is 5.75 Å². The van der Waals surface area contributed by atoms with E-state index in [9.17, 15) is 18.7 Å². The number of carboxylic acid groups (broad SMARTS) is 1. The van der Waals surface area contributed by atoms with Gasteiger partial charge in [0.25, 0.3) is 0 Å². The number of benzene rings is 2. The summed E-state index contributed by atoms with van der Waals surface area (Å²) in [6.07, 6.45) is 2.30. The van der Waals surface area contributed by atoms with Gasteiger partial charge in [-0.25, -0.2) is 18.6 Å². The monoisotopic (exact) mass is 441 g/mol. The van der Waals surface area contributed by atoms with E-state index in [-0.39, 0.29) is 17.9 Å². The molecule has 0 spiro atoms. The number of hydrogen-bond donors (Lipinski definition) is 1. The Labute approximate surface area is 182 Å². The van der Waals surface area contributed by atoms with Crippen molar-refractivity contribution >= 4 is 28.7 Å². The molecule has 0 atom stereocenters. The van der Waals surface area contributed by atoms with Crippen LogP contribution in [-0.2, 0) is 6.61 Å². The Kier molecular flexibility index (Phi) is 6.00. The number of carboxylic acids is 1. The Hall–Kier alpha value is -3.25. The molecule has 0 saturated heterocycles. The van der Waals surface area contributed by atoms with E-state index in [1.165, 1.54) is 24.3 Å². The fourth-order valence-corrected chi connectivity index (χ4v) is 3.90. The Morgan fingerprint density at radius 3 is 2.48 bits per heavy atom. The predicted octanol–water partition coefficient (Wildman–Crippen LogP) is 6.39. The van der Waals surface area contributed by atoms with E-state index in [1.54, 1.807) is 30.3 Å². The van der Waals surface area contributed by atoms with Crippen LogP contribution >= 0.6 is 11.6 Å². The summed E-state index contributed by atoms with van der Waals surface area (Å²) in [5, 5.41) is 9.75. The number of halogens is 3. The molecule has 1 heterocycles. The van der Waals surface area contributed by atoms with Crippen LogP contribution in [0.25, 0.3) is 11.1 Å². The van der Waals surface area contributed by atoms with Crippen LogP contribution in [0.3, 0.4) is 0 Å².